The molecule has 6 nitrogen and oxygen atoms in total. The summed E-state index contributed by atoms with van der Waals surface area (Å²) < 4.78 is 23.8. The molecule has 0 radical (unpaired) electrons. The molecule has 1 aromatic heterocycles. The monoisotopic (exact) mass is 465 g/mol. The van der Waals surface area contributed by atoms with E-state index in [1.54, 1.807) is 6.92 Å². The molecule has 0 bridgehead atoms. The predicted octanol–water partition coefficient (Wildman–Crippen LogP) is 4.79. The van der Waals surface area contributed by atoms with Crippen LogP contribution in [0.4, 0.5) is 9.39 Å². The van der Waals surface area contributed by atoms with E-state index in [1.165, 1.54) is 35.6 Å². The summed E-state index contributed by atoms with van der Waals surface area (Å²) in [6.07, 6.45) is 5.78. The number of thiophene rings is 1. The van der Waals surface area contributed by atoms with Crippen LogP contribution in [0.3, 0.4) is 0 Å². The molecule has 0 unspecified atom stereocenters. The SMILES string of the molecule is CCOC(=O)c1c(NC(=O)COC(=O)C=Cc2c(F)cccc2Cl)sc2c1CCCC2. The van der Waals surface area contributed by atoms with Crippen LogP contribution in [0.25, 0.3) is 6.08 Å². The van der Waals surface area contributed by atoms with E-state index < -0.39 is 30.3 Å². The fraction of sp³-hybridized carbons (Fsp3) is 0.318. The largest absolute Gasteiger partial charge is 0.462 e. The highest BCUT2D eigenvalue weighted by atomic mass is 35.5. The van der Waals surface area contributed by atoms with Gasteiger partial charge in [-0.3, -0.25) is 4.79 Å². The van der Waals surface area contributed by atoms with Gasteiger partial charge in [0.05, 0.1) is 17.2 Å². The predicted molar refractivity (Wildman–Crippen MR) is 117 cm³/mol. The summed E-state index contributed by atoms with van der Waals surface area (Å²) in [7, 11) is 0. The number of rotatable bonds is 7. The molecule has 31 heavy (non-hydrogen) atoms. The molecule has 0 spiro atoms. The van der Waals surface area contributed by atoms with Gasteiger partial charge in [-0.05, 0) is 56.4 Å². The Morgan fingerprint density at radius 3 is 2.74 bits per heavy atom. The van der Waals surface area contributed by atoms with Gasteiger partial charge in [0.2, 0.25) is 0 Å². The van der Waals surface area contributed by atoms with Gasteiger partial charge < -0.3 is 14.8 Å². The van der Waals surface area contributed by atoms with Crippen molar-refractivity contribution < 1.29 is 28.2 Å². The maximum atomic E-state index is 13.7. The Labute approximate surface area is 188 Å². The van der Waals surface area contributed by atoms with Crippen LogP contribution in [-0.4, -0.2) is 31.1 Å². The number of aryl methyl sites for hydroxylation is 1. The van der Waals surface area contributed by atoms with E-state index in [2.05, 4.69) is 5.32 Å². The van der Waals surface area contributed by atoms with Gasteiger partial charge in [0.1, 0.15) is 10.8 Å². The molecule has 0 saturated heterocycles. The van der Waals surface area contributed by atoms with Gasteiger partial charge in [-0.15, -0.1) is 11.3 Å². The average molecular weight is 466 g/mol. The van der Waals surface area contributed by atoms with Crippen molar-refractivity contribution in [3.05, 3.63) is 56.7 Å². The Kier molecular flexibility index (Phi) is 7.81. The number of fused-ring (bicyclic) bond motifs is 1. The number of carbonyl (C=O) groups excluding carboxylic acids is 3. The molecule has 1 heterocycles. The van der Waals surface area contributed by atoms with Crippen LogP contribution >= 0.6 is 22.9 Å². The molecular formula is C22H21ClFNO5S. The molecule has 3 rings (SSSR count). The van der Waals surface area contributed by atoms with Crippen molar-refractivity contribution in [1.29, 1.82) is 0 Å². The molecule has 164 valence electrons. The Hall–Kier alpha value is -2.71. The van der Waals surface area contributed by atoms with Gasteiger partial charge in [0, 0.05) is 16.5 Å². The molecule has 1 aromatic carbocycles. The van der Waals surface area contributed by atoms with Crippen molar-refractivity contribution in [2.24, 2.45) is 0 Å². The van der Waals surface area contributed by atoms with Crippen molar-refractivity contribution >= 4 is 51.9 Å². The van der Waals surface area contributed by atoms with Gasteiger partial charge >= 0.3 is 11.9 Å². The van der Waals surface area contributed by atoms with Crippen LogP contribution in [0.15, 0.2) is 24.3 Å². The summed E-state index contributed by atoms with van der Waals surface area (Å²) in [5, 5.41) is 3.20. The lowest BCUT2D eigenvalue weighted by molar-refractivity contribution is -0.142. The van der Waals surface area contributed by atoms with Crippen molar-refractivity contribution in [2.45, 2.75) is 32.6 Å². The lowest BCUT2D eigenvalue weighted by Gasteiger charge is -2.12. The minimum absolute atomic E-state index is 0.0498. The van der Waals surface area contributed by atoms with Crippen molar-refractivity contribution in [3.8, 4) is 0 Å². The van der Waals surface area contributed by atoms with Crippen LogP contribution < -0.4 is 5.32 Å². The second-order valence-corrected chi connectivity index (χ2v) is 8.27. The first-order valence-corrected chi connectivity index (χ1v) is 11.0. The number of hydrogen-bond donors (Lipinski definition) is 1. The highest BCUT2D eigenvalue weighted by Crippen LogP contribution is 2.38. The minimum Gasteiger partial charge on any atom is -0.462 e. The molecule has 1 N–H and O–H groups in total. The second-order valence-electron chi connectivity index (χ2n) is 6.76. The average Bonchev–Trinajstić information content (AvgIpc) is 3.10. The summed E-state index contributed by atoms with van der Waals surface area (Å²) in [5.41, 5.74) is 1.36. The molecule has 1 amide bonds. The highest BCUT2D eigenvalue weighted by molar-refractivity contribution is 7.17. The van der Waals surface area contributed by atoms with E-state index in [4.69, 9.17) is 21.1 Å². The number of halogens is 2. The summed E-state index contributed by atoms with van der Waals surface area (Å²) in [6, 6.07) is 4.15. The molecule has 9 heteroatoms. The first-order valence-electron chi connectivity index (χ1n) is 9.81. The first kappa shape index (κ1) is 23.0. The van der Waals surface area contributed by atoms with Crippen molar-refractivity contribution in [2.75, 3.05) is 18.5 Å². The number of benzene rings is 1. The minimum atomic E-state index is -0.828. The van der Waals surface area contributed by atoms with Crippen molar-refractivity contribution in [3.63, 3.8) is 0 Å². The first-order chi connectivity index (χ1) is 14.9. The van der Waals surface area contributed by atoms with Gasteiger partial charge in [0.25, 0.3) is 5.91 Å². The summed E-state index contributed by atoms with van der Waals surface area (Å²) >= 11 is 7.24. The zero-order valence-electron chi connectivity index (χ0n) is 16.8. The van der Waals surface area contributed by atoms with E-state index in [-0.39, 0.29) is 17.2 Å². The van der Waals surface area contributed by atoms with Gasteiger partial charge in [-0.2, -0.15) is 0 Å². The molecule has 0 saturated carbocycles. The topological polar surface area (TPSA) is 81.7 Å². The fourth-order valence-electron chi connectivity index (χ4n) is 3.24. The fourth-order valence-corrected chi connectivity index (χ4v) is 4.76. The molecule has 1 aliphatic rings. The van der Waals surface area contributed by atoms with Crippen molar-refractivity contribution in [1.82, 2.24) is 0 Å². The Balaban J connectivity index is 1.63. The number of amides is 1. The molecule has 0 fully saturated rings. The zero-order chi connectivity index (χ0) is 22.4. The third kappa shape index (κ3) is 5.71. The van der Waals surface area contributed by atoms with Crippen LogP contribution in [-0.2, 0) is 31.9 Å². The van der Waals surface area contributed by atoms with E-state index in [0.717, 1.165) is 42.2 Å². The summed E-state index contributed by atoms with van der Waals surface area (Å²) in [5.74, 6) is -2.47. The third-order valence-electron chi connectivity index (χ3n) is 4.64. The molecule has 1 aliphatic carbocycles. The highest BCUT2D eigenvalue weighted by Gasteiger charge is 2.27. The lowest BCUT2D eigenvalue weighted by Crippen LogP contribution is -2.21. The number of hydrogen-bond acceptors (Lipinski definition) is 6. The summed E-state index contributed by atoms with van der Waals surface area (Å²) in [4.78, 5) is 37.7. The van der Waals surface area contributed by atoms with Gasteiger partial charge in [-0.1, -0.05) is 17.7 Å². The Bertz CT molecular complexity index is 1010. The number of anilines is 1. The third-order valence-corrected chi connectivity index (χ3v) is 6.17. The number of ether oxygens (including phenoxy) is 2. The quantitative estimate of drug-likeness (QED) is 0.469. The second kappa shape index (κ2) is 10.5. The maximum absolute atomic E-state index is 13.7. The van der Waals surface area contributed by atoms with Crippen LogP contribution in [0, 0.1) is 5.82 Å². The molecule has 2 aromatic rings. The van der Waals surface area contributed by atoms with Gasteiger partial charge in [0.15, 0.2) is 6.61 Å². The van der Waals surface area contributed by atoms with E-state index in [1.807, 2.05) is 0 Å². The van der Waals surface area contributed by atoms with E-state index in [0.29, 0.717) is 10.6 Å². The Morgan fingerprint density at radius 2 is 2.00 bits per heavy atom. The number of esters is 2. The standard InChI is InChI=1S/C22H21ClFNO5S/c1-2-29-22(28)20-14-6-3-4-9-17(14)31-21(20)25-18(26)12-30-19(27)11-10-13-15(23)7-5-8-16(13)24/h5,7-8,10-11H,2-4,6,9,12H2,1H3,(H,25,26). The van der Waals surface area contributed by atoms with Crippen LogP contribution in [0.1, 0.15) is 46.1 Å². The van der Waals surface area contributed by atoms with Crippen LogP contribution in [0.2, 0.25) is 5.02 Å². The smallest absolute Gasteiger partial charge is 0.341 e. The molecule has 0 atom stereocenters. The Morgan fingerprint density at radius 1 is 1.23 bits per heavy atom. The lowest BCUT2D eigenvalue weighted by atomic mass is 9.95. The zero-order valence-corrected chi connectivity index (χ0v) is 18.4. The maximum Gasteiger partial charge on any atom is 0.341 e. The van der Waals surface area contributed by atoms with Gasteiger partial charge in [-0.25, -0.2) is 14.0 Å². The van der Waals surface area contributed by atoms with E-state index in [9.17, 15) is 18.8 Å². The molecular weight excluding hydrogens is 445 g/mol. The summed E-state index contributed by atoms with van der Waals surface area (Å²) in [6.45, 7) is 1.39. The van der Waals surface area contributed by atoms with E-state index >= 15 is 0 Å². The number of nitrogens with one attached hydrogen (secondary N) is 1. The normalized spacial score (nSPS) is 13.0. The van der Waals surface area contributed by atoms with Crippen LogP contribution in [0.5, 0.6) is 0 Å². The number of carbonyl (C=O) groups is 3. The molecule has 0 aliphatic heterocycles.